The molecule has 150 valence electrons. The number of aromatic nitrogens is 3. The van der Waals surface area contributed by atoms with Gasteiger partial charge in [-0.3, -0.25) is 9.89 Å². The molecule has 1 unspecified atom stereocenters. The summed E-state index contributed by atoms with van der Waals surface area (Å²) in [6.45, 7) is 2.20. The molecule has 1 atom stereocenters. The zero-order chi connectivity index (χ0) is 20.0. The Bertz CT molecular complexity index is 1080. The van der Waals surface area contributed by atoms with Gasteiger partial charge in [-0.25, -0.2) is 13.8 Å². The van der Waals surface area contributed by atoms with Gasteiger partial charge < -0.3 is 9.80 Å². The third kappa shape index (κ3) is 3.12. The van der Waals surface area contributed by atoms with Crippen molar-refractivity contribution in [1.82, 2.24) is 20.1 Å². The minimum atomic E-state index is -0.458. The van der Waals surface area contributed by atoms with Crippen molar-refractivity contribution in [2.45, 2.75) is 31.7 Å². The first-order chi connectivity index (χ1) is 14.1. The Morgan fingerprint density at radius 2 is 1.93 bits per heavy atom. The summed E-state index contributed by atoms with van der Waals surface area (Å²) >= 11 is 0. The van der Waals surface area contributed by atoms with Crippen molar-refractivity contribution in [3.05, 3.63) is 53.2 Å². The molecule has 1 N–H and O–H groups in total. The van der Waals surface area contributed by atoms with Gasteiger partial charge >= 0.3 is 0 Å². The number of fused-ring (bicyclic) bond motifs is 1. The molecule has 0 spiro atoms. The number of nitrogens with one attached hydrogen (secondary N) is 1. The van der Waals surface area contributed by atoms with E-state index in [1.807, 2.05) is 9.80 Å². The van der Waals surface area contributed by atoms with E-state index < -0.39 is 11.6 Å². The van der Waals surface area contributed by atoms with E-state index in [4.69, 9.17) is 0 Å². The maximum atomic E-state index is 14.4. The molecule has 1 amide bonds. The summed E-state index contributed by atoms with van der Waals surface area (Å²) in [5, 5.41) is 8.02. The molecular weight excluding hydrogens is 376 g/mol. The van der Waals surface area contributed by atoms with Crippen molar-refractivity contribution < 1.29 is 13.6 Å². The minimum absolute atomic E-state index is 0.0294. The summed E-state index contributed by atoms with van der Waals surface area (Å²) in [5.41, 5.74) is 1.42. The van der Waals surface area contributed by atoms with Gasteiger partial charge in [-0.2, -0.15) is 5.10 Å². The molecule has 1 aromatic carbocycles. The Morgan fingerprint density at radius 1 is 1.10 bits per heavy atom. The second-order valence-electron chi connectivity index (χ2n) is 7.68. The molecule has 0 radical (unpaired) electrons. The lowest BCUT2D eigenvalue weighted by molar-refractivity contribution is 0.0792. The largest absolute Gasteiger partial charge is 0.347 e. The molecule has 2 aliphatic heterocycles. The number of hydrogen-bond acceptors (Lipinski definition) is 4. The fraction of sp³-hybridized carbons (Fsp3) is 0.381. The summed E-state index contributed by atoms with van der Waals surface area (Å²) in [6.07, 6.45) is 5.15. The van der Waals surface area contributed by atoms with Gasteiger partial charge in [0, 0.05) is 31.4 Å². The van der Waals surface area contributed by atoms with Gasteiger partial charge in [-0.05, 0) is 49.9 Å². The standard InChI is InChI=1S/C21H21F2N5O/c22-14-5-6-17(23)15(11-14)18-4-3-9-28(18)20-16-10-13(12-24-19(16)25-26-20)21(29)27-7-1-2-8-27/h5-6,10-12,18H,1-4,7-9H2,(H,24,25,26). The second kappa shape index (κ2) is 7.09. The van der Waals surface area contributed by atoms with Crippen LogP contribution in [0.3, 0.4) is 0 Å². The first-order valence-corrected chi connectivity index (χ1v) is 9.97. The van der Waals surface area contributed by atoms with Gasteiger partial charge in [-0.1, -0.05) is 0 Å². The molecule has 8 heteroatoms. The third-order valence-corrected chi connectivity index (χ3v) is 5.88. The predicted octanol–water partition coefficient (Wildman–Crippen LogP) is 3.81. The van der Waals surface area contributed by atoms with Gasteiger partial charge in [0.2, 0.25) is 0 Å². The number of pyridine rings is 1. The van der Waals surface area contributed by atoms with Gasteiger partial charge in [0.05, 0.1) is 17.0 Å². The molecule has 5 rings (SSSR count). The lowest BCUT2D eigenvalue weighted by atomic mass is 10.0. The number of amides is 1. The summed E-state index contributed by atoms with van der Waals surface area (Å²) in [7, 11) is 0. The van der Waals surface area contributed by atoms with E-state index >= 15 is 0 Å². The fourth-order valence-corrected chi connectivity index (χ4v) is 4.44. The topological polar surface area (TPSA) is 65.1 Å². The Balaban J connectivity index is 1.53. The van der Waals surface area contributed by atoms with Crippen molar-refractivity contribution in [3.63, 3.8) is 0 Å². The lowest BCUT2D eigenvalue weighted by Crippen LogP contribution is -2.27. The van der Waals surface area contributed by atoms with E-state index in [9.17, 15) is 13.6 Å². The average Bonchev–Trinajstić information content (AvgIpc) is 3.48. The number of aromatic amines is 1. The van der Waals surface area contributed by atoms with Gasteiger partial charge in [0.15, 0.2) is 11.5 Å². The van der Waals surface area contributed by atoms with Crippen molar-refractivity contribution in [2.75, 3.05) is 24.5 Å². The number of halogens is 2. The number of hydrogen-bond donors (Lipinski definition) is 1. The molecule has 2 aromatic heterocycles. The summed E-state index contributed by atoms with van der Waals surface area (Å²) in [4.78, 5) is 20.9. The van der Waals surface area contributed by atoms with Crippen LogP contribution < -0.4 is 4.90 Å². The summed E-state index contributed by atoms with van der Waals surface area (Å²) in [6, 6.07) is 5.04. The molecule has 3 aromatic rings. The normalized spacial score (nSPS) is 19.4. The van der Waals surface area contributed by atoms with Crippen LogP contribution >= 0.6 is 0 Å². The smallest absolute Gasteiger partial charge is 0.255 e. The highest BCUT2D eigenvalue weighted by Crippen LogP contribution is 2.39. The molecule has 0 aliphatic carbocycles. The number of rotatable bonds is 3. The van der Waals surface area contributed by atoms with Crippen LogP contribution in [0.2, 0.25) is 0 Å². The fourth-order valence-electron chi connectivity index (χ4n) is 4.44. The second-order valence-corrected chi connectivity index (χ2v) is 7.68. The van der Waals surface area contributed by atoms with E-state index in [1.54, 1.807) is 12.3 Å². The number of H-pyrrole nitrogens is 1. The molecule has 2 saturated heterocycles. The van der Waals surface area contributed by atoms with E-state index in [2.05, 4.69) is 15.2 Å². The first kappa shape index (κ1) is 18.0. The number of anilines is 1. The highest BCUT2D eigenvalue weighted by atomic mass is 19.1. The van der Waals surface area contributed by atoms with Crippen molar-refractivity contribution in [1.29, 1.82) is 0 Å². The van der Waals surface area contributed by atoms with Gasteiger partial charge in [0.25, 0.3) is 5.91 Å². The molecule has 6 nitrogen and oxygen atoms in total. The van der Waals surface area contributed by atoms with Crippen LogP contribution in [-0.4, -0.2) is 45.6 Å². The quantitative estimate of drug-likeness (QED) is 0.730. The highest BCUT2D eigenvalue weighted by Gasteiger charge is 2.32. The Labute approximate surface area is 166 Å². The van der Waals surface area contributed by atoms with Crippen LogP contribution in [0.5, 0.6) is 0 Å². The van der Waals surface area contributed by atoms with Gasteiger partial charge in [-0.15, -0.1) is 0 Å². The zero-order valence-electron chi connectivity index (χ0n) is 15.9. The van der Waals surface area contributed by atoms with Crippen LogP contribution in [0.4, 0.5) is 14.6 Å². The van der Waals surface area contributed by atoms with Crippen molar-refractivity contribution in [3.8, 4) is 0 Å². The monoisotopic (exact) mass is 397 g/mol. The van der Waals surface area contributed by atoms with Crippen LogP contribution in [-0.2, 0) is 0 Å². The number of likely N-dealkylation sites (tertiary alicyclic amines) is 1. The van der Waals surface area contributed by atoms with E-state index in [0.29, 0.717) is 35.6 Å². The number of benzene rings is 1. The molecule has 29 heavy (non-hydrogen) atoms. The summed E-state index contributed by atoms with van der Waals surface area (Å²) < 4.78 is 28.2. The average molecular weight is 397 g/mol. The number of nitrogens with zero attached hydrogens (tertiary/aromatic N) is 4. The van der Waals surface area contributed by atoms with E-state index in [0.717, 1.165) is 49.9 Å². The van der Waals surface area contributed by atoms with Crippen LogP contribution in [0.1, 0.15) is 47.6 Å². The van der Waals surface area contributed by atoms with Crippen molar-refractivity contribution >= 4 is 22.8 Å². The SMILES string of the molecule is O=C(c1cnc2[nH]nc(N3CCCC3c3cc(F)ccc3F)c2c1)N1CCCC1. The van der Waals surface area contributed by atoms with E-state index in [-0.39, 0.29) is 11.9 Å². The first-order valence-electron chi connectivity index (χ1n) is 9.97. The zero-order valence-corrected chi connectivity index (χ0v) is 15.9. The summed E-state index contributed by atoms with van der Waals surface area (Å²) in [5.74, 6) is -0.292. The van der Waals surface area contributed by atoms with Crippen LogP contribution in [0, 0.1) is 11.6 Å². The minimum Gasteiger partial charge on any atom is -0.347 e. The van der Waals surface area contributed by atoms with E-state index in [1.165, 1.54) is 6.07 Å². The lowest BCUT2D eigenvalue weighted by Gasteiger charge is -2.25. The molecule has 0 bridgehead atoms. The maximum Gasteiger partial charge on any atom is 0.255 e. The Hall–Kier alpha value is -3.03. The van der Waals surface area contributed by atoms with Crippen molar-refractivity contribution in [2.24, 2.45) is 0 Å². The maximum absolute atomic E-state index is 14.4. The highest BCUT2D eigenvalue weighted by molar-refractivity contribution is 5.99. The van der Waals surface area contributed by atoms with Crippen LogP contribution in [0.15, 0.2) is 30.5 Å². The Kier molecular flexibility index (Phi) is 4.41. The van der Waals surface area contributed by atoms with Gasteiger partial charge in [0.1, 0.15) is 11.6 Å². The number of carbonyl (C=O) groups excluding carboxylic acids is 1. The third-order valence-electron chi connectivity index (χ3n) is 5.88. The molecule has 4 heterocycles. The molecule has 2 aliphatic rings. The molecule has 2 fully saturated rings. The Morgan fingerprint density at radius 3 is 2.76 bits per heavy atom. The predicted molar refractivity (Wildman–Crippen MR) is 105 cm³/mol. The van der Waals surface area contributed by atoms with Crippen LogP contribution in [0.25, 0.3) is 11.0 Å². The molecule has 0 saturated carbocycles. The number of carbonyl (C=O) groups is 1. The molecular formula is C21H21F2N5O.